The Bertz CT molecular complexity index is 646. The molecule has 0 saturated carbocycles. The molecule has 0 radical (unpaired) electrons. The van der Waals surface area contributed by atoms with Crippen LogP contribution in [0.25, 0.3) is 0 Å². The molecule has 0 amide bonds. The van der Waals surface area contributed by atoms with Gasteiger partial charge < -0.3 is 4.74 Å². The van der Waals surface area contributed by atoms with Crippen molar-refractivity contribution in [3.63, 3.8) is 0 Å². The smallest absolute Gasteiger partial charge is 0.337 e. The van der Waals surface area contributed by atoms with Crippen LogP contribution in [0.4, 0.5) is 0 Å². The van der Waals surface area contributed by atoms with E-state index < -0.39 is 16.0 Å². The van der Waals surface area contributed by atoms with E-state index in [0.717, 1.165) is 0 Å². The Labute approximate surface area is 143 Å². The summed E-state index contributed by atoms with van der Waals surface area (Å²) in [6.45, 7) is 8.68. The van der Waals surface area contributed by atoms with Gasteiger partial charge in [-0.3, -0.25) is 0 Å². The minimum Gasteiger partial charge on any atom is -0.465 e. The third-order valence-electron chi connectivity index (χ3n) is 3.11. The highest BCUT2D eigenvalue weighted by Gasteiger charge is 2.28. The highest BCUT2D eigenvalue weighted by Crippen LogP contribution is 2.27. The summed E-state index contributed by atoms with van der Waals surface area (Å²) in [6, 6.07) is 4.09. The van der Waals surface area contributed by atoms with Crippen molar-refractivity contribution in [3.05, 3.63) is 28.8 Å². The third kappa shape index (κ3) is 5.19. The van der Waals surface area contributed by atoms with Gasteiger partial charge in [0.05, 0.1) is 17.7 Å². The van der Waals surface area contributed by atoms with Crippen molar-refractivity contribution >= 4 is 27.6 Å². The molecule has 0 spiro atoms. The molecule has 0 aromatic heterocycles. The van der Waals surface area contributed by atoms with Crippen LogP contribution in [0.15, 0.2) is 23.1 Å². The predicted molar refractivity (Wildman–Crippen MR) is 91.2 cm³/mol. The predicted octanol–water partition coefficient (Wildman–Crippen LogP) is 3.43. The zero-order valence-electron chi connectivity index (χ0n) is 14.2. The molecule has 0 aliphatic carbocycles. The molecule has 0 saturated heterocycles. The second kappa shape index (κ2) is 8.13. The molecular weight excluding hydrogens is 338 g/mol. The molecule has 5 nitrogen and oxygen atoms in total. The van der Waals surface area contributed by atoms with Crippen LogP contribution in [-0.4, -0.2) is 38.9 Å². The Morgan fingerprint density at radius 3 is 2.09 bits per heavy atom. The van der Waals surface area contributed by atoms with Crippen LogP contribution in [0.2, 0.25) is 5.02 Å². The summed E-state index contributed by atoms with van der Waals surface area (Å²) >= 11 is 6.12. The Kier molecular flexibility index (Phi) is 7.04. The number of rotatable bonds is 7. The molecule has 0 bridgehead atoms. The van der Waals surface area contributed by atoms with Gasteiger partial charge in [0.15, 0.2) is 0 Å². The molecule has 0 aliphatic rings. The average molecular weight is 362 g/mol. The van der Waals surface area contributed by atoms with Crippen molar-refractivity contribution in [1.29, 1.82) is 0 Å². The van der Waals surface area contributed by atoms with E-state index in [0.29, 0.717) is 13.1 Å². The molecule has 0 fully saturated rings. The van der Waals surface area contributed by atoms with E-state index in [1.807, 2.05) is 27.7 Å². The topological polar surface area (TPSA) is 63.7 Å². The fraction of sp³-hybridized carbons (Fsp3) is 0.562. The van der Waals surface area contributed by atoms with E-state index in [1.54, 1.807) is 0 Å². The third-order valence-corrected chi connectivity index (χ3v) is 5.42. The number of hydrogen-bond donors (Lipinski definition) is 0. The van der Waals surface area contributed by atoms with E-state index in [1.165, 1.54) is 29.6 Å². The Morgan fingerprint density at radius 2 is 1.70 bits per heavy atom. The molecule has 1 aromatic carbocycles. The van der Waals surface area contributed by atoms with Crippen LogP contribution in [0.3, 0.4) is 0 Å². The fourth-order valence-electron chi connectivity index (χ4n) is 2.18. The number of ether oxygens (including phenoxy) is 1. The quantitative estimate of drug-likeness (QED) is 0.698. The number of methoxy groups -OCH3 is 1. The number of esters is 1. The van der Waals surface area contributed by atoms with E-state index in [9.17, 15) is 13.2 Å². The lowest BCUT2D eigenvalue weighted by molar-refractivity contribution is 0.0600. The molecule has 1 rings (SSSR count). The number of carbonyl (C=O) groups excluding carboxylic acids is 1. The van der Waals surface area contributed by atoms with Gasteiger partial charge in [-0.05, 0) is 30.0 Å². The van der Waals surface area contributed by atoms with E-state index in [2.05, 4.69) is 4.74 Å². The van der Waals surface area contributed by atoms with Crippen LogP contribution in [0, 0.1) is 11.8 Å². The van der Waals surface area contributed by atoms with Gasteiger partial charge in [0, 0.05) is 13.1 Å². The van der Waals surface area contributed by atoms with Crippen molar-refractivity contribution in [2.24, 2.45) is 11.8 Å². The first-order valence-corrected chi connectivity index (χ1v) is 9.29. The van der Waals surface area contributed by atoms with Crippen molar-refractivity contribution < 1.29 is 17.9 Å². The van der Waals surface area contributed by atoms with Gasteiger partial charge in [-0.1, -0.05) is 39.3 Å². The molecule has 0 aliphatic heterocycles. The van der Waals surface area contributed by atoms with E-state index >= 15 is 0 Å². The summed E-state index contributed by atoms with van der Waals surface area (Å²) < 4.78 is 31.9. The molecule has 1 aromatic rings. The largest absolute Gasteiger partial charge is 0.465 e. The summed E-state index contributed by atoms with van der Waals surface area (Å²) in [4.78, 5) is 11.5. The fourth-order valence-corrected chi connectivity index (χ4v) is 4.46. The Balaban J connectivity index is 3.26. The zero-order chi connectivity index (χ0) is 17.8. The van der Waals surface area contributed by atoms with Crippen molar-refractivity contribution in [2.75, 3.05) is 20.2 Å². The number of halogens is 1. The standard InChI is InChI=1S/C16H24ClNO4S/c1-11(2)9-18(10-12(3)4)23(20,21)15-7-6-13(8-14(15)17)16(19)22-5/h6-8,11-12H,9-10H2,1-5H3. The summed E-state index contributed by atoms with van der Waals surface area (Å²) in [6.07, 6.45) is 0. The van der Waals surface area contributed by atoms with E-state index in [4.69, 9.17) is 11.6 Å². The van der Waals surface area contributed by atoms with Gasteiger partial charge in [-0.25, -0.2) is 13.2 Å². The molecule has 0 N–H and O–H groups in total. The second-order valence-corrected chi connectivity index (χ2v) is 8.56. The minimum atomic E-state index is -3.72. The molecule has 0 heterocycles. The van der Waals surface area contributed by atoms with Gasteiger partial charge in [0.2, 0.25) is 10.0 Å². The molecule has 23 heavy (non-hydrogen) atoms. The summed E-state index contributed by atoms with van der Waals surface area (Å²) in [5.41, 5.74) is 0.218. The van der Waals surface area contributed by atoms with Crippen molar-refractivity contribution in [2.45, 2.75) is 32.6 Å². The number of nitrogens with zero attached hydrogens (tertiary/aromatic N) is 1. The minimum absolute atomic E-state index is 0.00752. The summed E-state index contributed by atoms with van der Waals surface area (Å²) in [5.74, 6) is -0.176. The Hall–Kier alpha value is -1.11. The van der Waals surface area contributed by atoms with Crippen LogP contribution < -0.4 is 0 Å². The first-order valence-electron chi connectivity index (χ1n) is 7.47. The van der Waals surface area contributed by atoms with Crippen LogP contribution >= 0.6 is 11.6 Å². The molecule has 0 unspecified atom stereocenters. The first-order chi connectivity index (χ1) is 10.6. The van der Waals surface area contributed by atoms with E-state index in [-0.39, 0.29) is 27.3 Å². The lowest BCUT2D eigenvalue weighted by Gasteiger charge is -2.26. The Morgan fingerprint density at radius 1 is 1.17 bits per heavy atom. The van der Waals surface area contributed by atoms with Gasteiger partial charge in [-0.2, -0.15) is 4.31 Å². The van der Waals surface area contributed by atoms with Gasteiger partial charge in [0.1, 0.15) is 4.90 Å². The van der Waals surface area contributed by atoms with Crippen LogP contribution in [0.1, 0.15) is 38.1 Å². The first kappa shape index (κ1) is 19.9. The number of carbonyl (C=O) groups is 1. The maximum absolute atomic E-state index is 12.9. The monoisotopic (exact) mass is 361 g/mol. The molecule has 130 valence electrons. The lowest BCUT2D eigenvalue weighted by Crippen LogP contribution is -2.37. The second-order valence-electron chi connectivity index (χ2n) is 6.25. The normalized spacial score (nSPS) is 12.2. The lowest BCUT2D eigenvalue weighted by atomic mass is 10.2. The number of sulfonamides is 1. The highest BCUT2D eigenvalue weighted by atomic mass is 35.5. The van der Waals surface area contributed by atoms with Crippen LogP contribution in [0.5, 0.6) is 0 Å². The molecular formula is C16H24ClNO4S. The molecule has 0 atom stereocenters. The average Bonchev–Trinajstić information content (AvgIpc) is 2.44. The van der Waals surface area contributed by atoms with Gasteiger partial charge in [0.25, 0.3) is 0 Å². The van der Waals surface area contributed by atoms with Crippen LogP contribution in [-0.2, 0) is 14.8 Å². The SMILES string of the molecule is COC(=O)c1ccc(S(=O)(=O)N(CC(C)C)CC(C)C)c(Cl)c1. The summed E-state index contributed by atoms with van der Waals surface area (Å²) in [5, 5.41) is 0.0189. The number of hydrogen-bond acceptors (Lipinski definition) is 4. The maximum Gasteiger partial charge on any atom is 0.337 e. The van der Waals surface area contributed by atoms with Gasteiger partial charge in [-0.15, -0.1) is 0 Å². The zero-order valence-corrected chi connectivity index (χ0v) is 15.7. The molecule has 7 heteroatoms. The van der Waals surface area contributed by atoms with Crippen molar-refractivity contribution in [3.8, 4) is 0 Å². The van der Waals surface area contributed by atoms with Crippen molar-refractivity contribution in [1.82, 2.24) is 4.31 Å². The maximum atomic E-state index is 12.9. The van der Waals surface area contributed by atoms with Gasteiger partial charge >= 0.3 is 5.97 Å². The summed E-state index contributed by atoms with van der Waals surface area (Å²) in [7, 11) is -2.46. The number of benzene rings is 1. The highest BCUT2D eigenvalue weighted by molar-refractivity contribution is 7.89.